The Balaban J connectivity index is 3.38. The average molecular weight is 278 g/mol. The quantitative estimate of drug-likeness (QED) is 0.801. The molecule has 8 heteroatoms. The van der Waals surface area contributed by atoms with Crippen LogP contribution >= 0.6 is 46.4 Å². The molecule has 0 amide bonds. The van der Waals surface area contributed by atoms with E-state index in [1.165, 1.54) is 7.11 Å². The number of halogens is 4. The summed E-state index contributed by atoms with van der Waals surface area (Å²) in [5.74, 6) is -0.231. The molecular weight excluding hydrogens is 274 g/mol. The van der Waals surface area contributed by atoms with E-state index in [-0.39, 0.29) is 16.7 Å². The summed E-state index contributed by atoms with van der Waals surface area (Å²) in [6, 6.07) is 0. The van der Waals surface area contributed by atoms with Crippen molar-refractivity contribution in [1.29, 1.82) is 0 Å². The van der Waals surface area contributed by atoms with E-state index in [4.69, 9.17) is 51.1 Å². The SMILES string of the molecule is COc1nc(C(Cl)(Cl)Cl)[nH]c(=O)c1Cl. The lowest BCUT2D eigenvalue weighted by molar-refractivity contribution is 0.394. The van der Waals surface area contributed by atoms with Crippen molar-refractivity contribution in [3.05, 3.63) is 21.2 Å². The third kappa shape index (κ3) is 2.45. The molecule has 0 atom stereocenters. The number of nitrogens with zero attached hydrogens (tertiary/aromatic N) is 1. The number of hydrogen-bond acceptors (Lipinski definition) is 3. The maximum absolute atomic E-state index is 11.2. The first-order valence-electron chi connectivity index (χ1n) is 3.27. The minimum atomic E-state index is -1.82. The van der Waals surface area contributed by atoms with Crippen molar-refractivity contribution in [1.82, 2.24) is 9.97 Å². The van der Waals surface area contributed by atoms with Gasteiger partial charge in [0.25, 0.3) is 5.56 Å². The predicted molar refractivity (Wildman–Crippen MR) is 55.7 cm³/mol. The van der Waals surface area contributed by atoms with E-state index in [0.717, 1.165) is 0 Å². The molecule has 0 saturated carbocycles. The molecule has 0 unspecified atom stereocenters. The van der Waals surface area contributed by atoms with Crippen LogP contribution in [0.4, 0.5) is 0 Å². The first-order chi connectivity index (χ1) is 6.36. The van der Waals surface area contributed by atoms with E-state index in [1.54, 1.807) is 0 Å². The highest BCUT2D eigenvalue weighted by molar-refractivity contribution is 6.66. The van der Waals surface area contributed by atoms with Gasteiger partial charge in [-0.05, 0) is 0 Å². The number of alkyl halides is 3. The van der Waals surface area contributed by atoms with E-state index in [0.29, 0.717) is 0 Å². The molecule has 4 nitrogen and oxygen atoms in total. The van der Waals surface area contributed by atoms with E-state index in [9.17, 15) is 4.79 Å². The third-order valence-electron chi connectivity index (χ3n) is 1.29. The summed E-state index contributed by atoms with van der Waals surface area (Å²) >= 11 is 22.1. The normalized spacial score (nSPS) is 11.5. The lowest BCUT2D eigenvalue weighted by Crippen LogP contribution is -2.18. The predicted octanol–water partition coefficient (Wildman–Crippen LogP) is 2.26. The fourth-order valence-electron chi connectivity index (χ4n) is 0.708. The smallest absolute Gasteiger partial charge is 0.273 e. The van der Waals surface area contributed by atoms with Gasteiger partial charge in [-0.15, -0.1) is 0 Å². The molecule has 0 aliphatic heterocycles. The number of aromatic nitrogens is 2. The molecule has 0 bridgehead atoms. The molecule has 0 radical (unpaired) electrons. The fraction of sp³-hybridized carbons (Fsp3) is 0.333. The van der Waals surface area contributed by atoms with Gasteiger partial charge in [-0.3, -0.25) is 4.79 Å². The van der Waals surface area contributed by atoms with Crippen molar-refractivity contribution in [2.75, 3.05) is 7.11 Å². The van der Waals surface area contributed by atoms with Gasteiger partial charge >= 0.3 is 0 Å². The zero-order valence-electron chi connectivity index (χ0n) is 6.78. The number of methoxy groups -OCH3 is 1. The number of H-pyrrole nitrogens is 1. The molecule has 1 aromatic heterocycles. The molecule has 0 aliphatic rings. The van der Waals surface area contributed by atoms with Crippen LogP contribution in [0, 0.1) is 0 Å². The minimum Gasteiger partial charge on any atom is -0.480 e. The fourth-order valence-corrected chi connectivity index (χ4v) is 1.14. The minimum absolute atomic E-state index is 0.0864. The number of ether oxygens (including phenoxy) is 1. The lowest BCUT2D eigenvalue weighted by Gasteiger charge is -2.10. The van der Waals surface area contributed by atoms with Crippen LogP contribution in [-0.4, -0.2) is 17.1 Å². The zero-order chi connectivity index (χ0) is 10.9. The van der Waals surface area contributed by atoms with Crippen molar-refractivity contribution in [2.24, 2.45) is 0 Å². The molecule has 1 N–H and O–H groups in total. The highest BCUT2D eigenvalue weighted by Crippen LogP contribution is 2.36. The van der Waals surface area contributed by atoms with Crippen LogP contribution in [0.1, 0.15) is 5.82 Å². The second-order valence-electron chi connectivity index (χ2n) is 2.24. The lowest BCUT2D eigenvalue weighted by atomic mass is 10.5. The highest BCUT2D eigenvalue weighted by atomic mass is 35.6. The van der Waals surface area contributed by atoms with E-state index in [2.05, 4.69) is 9.97 Å². The van der Waals surface area contributed by atoms with Crippen molar-refractivity contribution < 1.29 is 4.74 Å². The molecule has 1 rings (SSSR count). The van der Waals surface area contributed by atoms with E-state index >= 15 is 0 Å². The standard InChI is InChI=1S/C6H4Cl4N2O2/c1-14-4-2(7)3(13)11-5(12-4)6(8,9)10/h1H3,(H,11,12,13). The van der Waals surface area contributed by atoms with Gasteiger partial charge < -0.3 is 9.72 Å². The van der Waals surface area contributed by atoms with Crippen LogP contribution in [0.2, 0.25) is 5.02 Å². The molecule has 78 valence electrons. The summed E-state index contributed by atoms with van der Waals surface area (Å²) in [6.07, 6.45) is 0. The van der Waals surface area contributed by atoms with Crippen LogP contribution in [0.15, 0.2) is 4.79 Å². The number of hydrogen-bond donors (Lipinski definition) is 1. The Morgan fingerprint density at radius 2 is 2.00 bits per heavy atom. The average Bonchev–Trinajstić information content (AvgIpc) is 2.07. The first-order valence-corrected chi connectivity index (χ1v) is 4.78. The Morgan fingerprint density at radius 3 is 2.43 bits per heavy atom. The van der Waals surface area contributed by atoms with Gasteiger partial charge in [0.05, 0.1) is 7.11 Å². The van der Waals surface area contributed by atoms with Crippen molar-refractivity contribution in [3.63, 3.8) is 0 Å². The molecule has 0 aliphatic carbocycles. The highest BCUT2D eigenvalue weighted by Gasteiger charge is 2.28. The van der Waals surface area contributed by atoms with E-state index in [1.807, 2.05) is 0 Å². The van der Waals surface area contributed by atoms with Gasteiger partial charge in [0.2, 0.25) is 9.67 Å². The molecule has 1 aromatic rings. The molecule has 14 heavy (non-hydrogen) atoms. The maximum atomic E-state index is 11.2. The summed E-state index contributed by atoms with van der Waals surface area (Å²) in [5.41, 5.74) is -0.625. The summed E-state index contributed by atoms with van der Waals surface area (Å²) in [4.78, 5) is 17.1. The number of aromatic amines is 1. The number of nitrogens with one attached hydrogen (secondary N) is 1. The summed E-state index contributed by atoms with van der Waals surface area (Å²) in [5, 5.41) is -0.189. The monoisotopic (exact) mass is 276 g/mol. The van der Waals surface area contributed by atoms with Gasteiger partial charge in [-0.1, -0.05) is 46.4 Å². The van der Waals surface area contributed by atoms with Crippen LogP contribution in [0.5, 0.6) is 5.88 Å². The van der Waals surface area contributed by atoms with Gasteiger partial charge in [0.1, 0.15) is 0 Å². The summed E-state index contributed by atoms with van der Waals surface area (Å²) < 4.78 is 2.90. The third-order valence-corrected chi connectivity index (χ3v) is 2.16. The molecule has 1 heterocycles. The van der Waals surface area contributed by atoms with Crippen LogP contribution in [0.3, 0.4) is 0 Å². The van der Waals surface area contributed by atoms with Crippen molar-refractivity contribution >= 4 is 46.4 Å². The van der Waals surface area contributed by atoms with Gasteiger partial charge in [-0.25, -0.2) is 0 Å². The molecule has 0 saturated heterocycles. The van der Waals surface area contributed by atoms with Crippen LogP contribution in [-0.2, 0) is 3.79 Å². The molecule has 0 spiro atoms. The maximum Gasteiger partial charge on any atom is 0.273 e. The zero-order valence-corrected chi connectivity index (χ0v) is 9.80. The molecule has 0 fully saturated rings. The topological polar surface area (TPSA) is 55.0 Å². The van der Waals surface area contributed by atoms with Crippen LogP contribution in [0.25, 0.3) is 0 Å². The Kier molecular flexibility index (Phi) is 3.53. The first kappa shape index (κ1) is 11.9. The second-order valence-corrected chi connectivity index (χ2v) is 4.89. The molecular formula is C6H4Cl4N2O2. The molecule has 0 aromatic carbocycles. The van der Waals surface area contributed by atoms with Gasteiger partial charge in [0, 0.05) is 0 Å². The summed E-state index contributed by atoms with van der Waals surface area (Å²) in [6.45, 7) is 0. The Hall–Kier alpha value is -0.160. The van der Waals surface area contributed by atoms with E-state index < -0.39 is 9.35 Å². The summed E-state index contributed by atoms with van der Waals surface area (Å²) in [7, 11) is 1.30. The Labute approximate surface area is 99.1 Å². The van der Waals surface area contributed by atoms with Gasteiger partial charge in [0.15, 0.2) is 10.8 Å². The van der Waals surface area contributed by atoms with Crippen LogP contribution < -0.4 is 10.3 Å². The Bertz CT molecular complexity index is 398. The van der Waals surface area contributed by atoms with Gasteiger partial charge in [-0.2, -0.15) is 4.98 Å². The number of rotatable bonds is 1. The van der Waals surface area contributed by atoms with Crippen molar-refractivity contribution in [3.8, 4) is 5.88 Å². The Morgan fingerprint density at radius 1 is 1.43 bits per heavy atom. The second kappa shape index (κ2) is 4.14. The van der Waals surface area contributed by atoms with Crippen molar-refractivity contribution in [2.45, 2.75) is 3.79 Å². The largest absolute Gasteiger partial charge is 0.480 e.